The molecule has 0 aliphatic rings. The number of hydrogen-bond donors (Lipinski definition) is 1. The van der Waals surface area contributed by atoms with Crippen LogP contribution in [-0.2, 0) is 6.42 Å². The molecule has 0 radical (unpaired) electrons. The van der Waals surface area contributed by atoms with Crippen LogP contribution in [0.2, 0.25) is 0 Å². The van der Waals surface area contributed by atoms with E-state index in [-0.39, 0.29) is 0 Å². The summed E-state index contributed by atoms with van der Waals surface area (Å²) in [6.07, 6.45) is 2.27. The molecule has 2 aromatic rings. The van der Waals surface area contributed by atoms with Gasteiger partial charge in [0, 0.05) is 6.42 Å². The van der Waals surface area contributed by atoms with Crippen molar-refractivity contribution in [2.45, 2.75) is 22.7 Å². The van der Waals surface area contributed by atoms with Gasteiger partial charge in [0.05, 0.1) is 4.47 Å². The van der Waals surface area contributed by atoms with E-state index in [1.165, 1.54) is 29.6 Å². The fourth-order valence-corrected chi connectivity index (χ4v) is 3.00. The van der Waals surface area contributed by atoms with Crippen molar-refractivity contribution in [3.05, 3.63) is 16.6 Å². The zero-order valence-electron chi connectivity index (χ0n) is 8.35. The molecule has 0 fully saturated rings. The Morgan fingerprint density at radius 3 is 3.00 bits per heavy atom. The summed E-state index contributed by atoms with van der Waals surface area (Å²) < 4.78 is 5.76. The molecule has 16 heavy (non-hydrogen) atoms. The molecule has 0 unspecified atom stereocenters. The van der Waals surface area contributed by atoms with E-state index in [1.54, 1.807) is 0 Å². The van der Waals surface area contributed by atoms with Crippen molar-refractivity contribution in [3.63, 3.8) is 0 Å². The number of nitrogens with zero attached hydrogens (tertiary/aromatic N) is 4. The van der Waals surface area contributed by atoms with E-state index in [4.69, 9.17) is 5.73 Å². The summed E-state index contributed by atoms with van der Waals surface area (Å²) in [6, 6.07) is 0. The maximum absolute atomic E-state index is 5.66. The zero-order valence-corrected chi connectivity index (χ0v) is 11.6. The van der Waals surface area contributed by atoms with Gasteiger partial charge in [0.1, 0.15) is 23.0 Å². The van der Waals surface area contributed by atoms with E-state index in [9.17, 15) is 0 Å². The highest BCUT2D eigenvalue weighted by Gasteiger charge is 2.11. The van der Waals surface area contributed by atoms with E-state index in [0.717, 1.165) is 21.6 Å². The number of anilines is 1. The Bertz CT molecular complexity index is 501. The molecule has 2 heterocycles. The molecule has 0 aromatic carbocycles. The Balaban J connectivity index is 2.23. The predicted molar refractivity (Wildman–Crippen MR) is 67.6 cm³/mol. The molecule has 0 saturated carbocycles. The standard InChI is InChI=1S/C8H8BrN5S2/c1-2-4-13-8(16-14-4)15-7-5(9)6(10)11-3-12-7/h3H,2H2,1H3,(H2,10,11,12). The van der Waals surface area contributed by atoms with Crippen LogP contribution in [0.15, 0.2) is 20.2 Å². The van der Waals surface area contributed by atoms with Crippen LogP contribution in [0.5, 0.6) is 0 Å². The maximum atomic E-state index is 5.66. The Kier molecular flexibility index (Phi) is 3.72. The summed E-state index contributed by atoms with van der Waals surface area (Å²) in [7, 11) is 0. The fraction of sp³-hybridized carbons (Fsp3) is 0.250. The monoisotopic (exact) mass is 317 g/mol. The summed E-state index contributed by atoms with van der Waals surface area (Å²) in [5.74, 6) is 1.28. The lowest BCUT2D eigenvalue weighted by Gasteiger charge is -2.01. The Morgan fingerprint density at radius 1 is 1.50 bits per heavy atom. The predicted octanol–water partition coefficient (Wildman–Crippen LogP) is 2.39. The van der Waals surface area contributed by atoms with Crippen molar-refractivity contribution < 1.29 is 0 Å². The number of aromatic nitrogens is 4. The number of rotatable bonds is 3. The molecule has 5 nitrogen and oxygen atoms in total. The first-order valence-electron chi connectivity index (χ1n) is 4.47. The molecular formula is C8H8BrN5S2. The Hall–Kier alpha value is -0.730. The normalized spacial score (nSPS) is 10.6. The van der Waals surface area contributed by atoms with E-state index in [0.29, 0.717) is 10.3 Å². The minimum Gasteiger partial charge on any atom is -0.383 e. The largest absolute Gasteiger partial charge is 0.383 e. The second-order valence-electron chi connectivity index (χ2n) is 2.81. The third kappa shape index (κ3) is 2.50. The second-order valence-corrected chi connectivity index (χ2v) is 5.59. The average Bonchev–Trinajstić information content (AvgIpc) is 2.73. The van der Waals surface area contributed by atoms with Gasteiger partial charge in [0.15, 0.2) is 4.34 Å². The van der Waals surface area contributed by atoms with Crippen LogP contribution in [0.25, 0.3) is 0 Å². The fourth-order valence-electron chi connectivity index (χ4n) is 0.943. The zero-order chi connectivity index (χ0) is 11.5. The number of nitrogens with two attached hydrogens (primary N) is 1. The van der Waals surface area contributed by atoms with Crippen LogP contribution in [0.4, 0.5) is 5.82 Å². The van der Waals surface area contributed by atoms with Crippen molar-refractivity contribution in [2.75, 3.05) is 5.73 Å². The Morgan fingerprint density at radius 2 is 2.31 bits per heavy atom. The summed E-state index contributed by atoms with van der Waals surface area (Å²) in [4.78, 5) is 12.4. The van der Waals surface area contributed by atoms with Gasteiger partial charge in [-0.3, -0.25) is 0 Å². The van der Waals surface area contributed by atoms with E-state index in [2.05, 4.69) is 35.3 Å². The molecule has 0 amide bonds. The lowest BCUT2D eigenvalue weighted by molar-refractivity contribution is 0.968. The van der Waals surface area contributed by atoms with Gasteiger partial charge >= 0.3 is 0 Å². The van der Waals surface area contributed by atoms with Gasteiger partial charge in [0.25, 0.3) is 0 Å². The molecule has 0 bridgehead atoms. The topological polar surface area (TPSA) is 77.6 Å². The minimum atomic E-state index is 0.428. The second kappa shape index (κ2) is 5.07. The van der Waals surface area contributed by atoms with Gasteiger partial charge in [-0.1, -0.05) is 6.92 Å². The summed E-state index contributed by atoms with van der Waals surface area (Å²) >= 11 is 6.14. The van der Waals surface area contributed by atoms with Crippen LogP contribution in [0.3, 0.4) is 0 Å². The van der Waals surface area contributed by atoms with Crippen LogP contribution in [0.1, 0.15) is 12.7 Å². The van der Waals surface area contributed by atoms with Crippen molar-refractivity contribution in [1.29, 1.82) is 0 Å². The molecule has 0 spiro atoms. The van der Waals surface area contributed by atoms with Crippen LogP contribution < -0.4 is 5.73 Å². The van der Waals surface area contributed by atoms with Crippen LogP contribution in [-0.4, -0.2) is 19.3 Å². The third-order valence-corrected chi connectivity index (χ3v) is 4.57. The molecule has 0 aliphatic carbocycles. The van der Waals surface area contributed by atoms with Gasteiger partial charge in [-0.25, -0.2) is 15.0 Å². The molecular weight excluding hydrogens is 310 g/mol. The van der Waals surface area contributed by atoms with Gasteiger partial charge in [-0.15, -0.1) is 0 Å². The van der Waals surface area contributed by atoms with Gasteiger partial charge in [-0.2, -0.15) is 4.37 Å². The lowest BCUT2D eigenvalue weighted by Crippen LogP contribution is -1.94. The average molecular weight is 318 g/mol. The molecule has 0 aliphatic heterocycles. The van der Waals surface area contributed by atoms with Crippen LogP contribution >= 0.6 is 39.2 Å². The molecule has 8 heteroatoms. The summed E-state index contributed by atoms with van der Waals surface area (Å²) in [5, 5.41) is 0.756. The molecule has 2 aromatic heterocycles. The Labute approximate surface area is 109 Å². The highest BCUT2D eigenvalue weighted by Crippen LogP contribution is 2.34. The van der Waals surface area contributed by atoms with E-state index < -0.39 is 0 Å². The molecule has 0 saturated heterocycles. The van der Waals surface area contributed by atoms with Crippen molar-refractivity contribution in [1.82, 2.24) is 19.3 Å². The van der Waals surface area contributed by atoms with E-state index in [1.807, 2.05) is 6.92 Å². The maximum Gasteiger partial charge on any atom is 0.176 e. The first-order valence-corrected chi connectivity index (χ1v) is 6.85. The highest BCUT2D eigenvalue weighted by atomic mass is 79.9. The highest BCUT2D eigenvalue weighted by molar-refractivity contribution is 9.10. The molecule has 2 N–H and O–H groups in total. The van der Waals surface area contributed by atoms with Crippen molar-refractivity contribution in [2.24, 2.45) is 0 Å². The molecule has 2 rings (SSSR count). The summed E-state index contributed by atoms with van der Waals surface area (Å²) in [5.41, 5.74) is 5.66. The van der Waals surface area contributed by atoms with Gasteiger partial charge < -0.3 is 5.73 Å². The smallest absolute Gasteiger partial charge is 0.176 e. The third-order valence-electron chi connectivity index (χ3n) is 1.73. The first-order chi connectivity index (χ1) is 7.70. The minimum absolute atomic E-state index is 0.428. The van der Waals surface area contributed by atoms with Crippen molar-refractivity contribution in [3.8, 4) is 0 Å². The number of nitrogen functional groups attached to an aromatic ring is 1. The van der Waals surface area contributed by atoms with Gasteiger partial charge in [-0.05, 0) is 39.2 Å². The molecule has 84 valence electrons. The molecule has 0 atom stereocenters. The van der Waals surface area contributed by atoms with Crippen molar-refractivity contribution >= 4 is 45.0 Å². The SMILES string of the molecule is CCc1nsc(Sc2ncnc(N)c2Br)n1. The number of halogens is 1. The number of hydrogen-bond acceptors (Lipinski definition) is 7. The quantitative estimate of drug-likeness (QED) is 0.876. The van der Waals surface area contributed by atoms with E-state index >= 15 is 0 Å². The first kappa shape index (κ1) is 11.7. The van der Waals surface area contributed by atoms with Crippen LogP contribution in [0, 0.1) is 0 Å². The summed E-state index contributed by atoms with van der Waals surface area (Å²) in [6.45, 7) is 2.02. The van der Waals surface area contributed by atoms with Gasteiger partial charge in [0.2, 0.25) is 0 Å². The number of aryl methyl sites for hydroxylation is 1. The lowest BCUT2D eigenvalue weighted by atomic mass is 10.5.